The molecule has 0 radical (unpaired) electrons. The SMILES string of the molecule is Cc1occc1-c1nnc(SCC(=O)NC2CCCCC2)n1Cc1ccccc1. The molecule has 1 aliphatic carbocycles. The summed E-state index contributed by atoms with van der Waals surface area (Å²) in [7, 11) is 0. The summed E-state index contributed by atoms with van der Waals surface area (Å²) in [5.41, 5.74) is 2.08. The third kappa shape index (κ3) is 4.90. The molecule has 6 nitrogen and oxygen atoms in total. The van der Waals surface area contributed by atoms with E-state index in [-0.39, 0.29) is 5.91 Å². The van der Waals surface area contributed by atoms with Crippen molar-refractivity contribution in [1.29, 1.82) is 0 Å². The number of carbonyl (C=O) groups is 1. The Morgan fingerprint density at radius 1 is 1.17 bits per heavy atom. The number of rotatable bonds is 7. The molecule has 1 N–H and O–H groups in total. The molecule has 0 aliphatic heterocycles. The summed E-state index contributed by atoms with van der Waals surface area (Å²) in [6.45, 7) is 2.56. The van der Waals surface area contributed by atoms with E-state index in [1.54, 1.807) is 6.26 Å². The molecule has 29 heavy (non-hydrogen) atoms. The van der Waals surface area contributed by atoms with Gasteiger partial charge in [0.15, 0.2) is 11.0 Å². The van der Waals surface area contributed by atoms with Gasteiger partial charge in [0.25, 0.3) is 0 Å². The monoisotopic (exact) mass is 410 g/mol. The molecule has 1 aromatic carbocycles. The van der Waals surface area contributed by atoms with Crippen molar-refractivity contribution in [3.63, 3.8) is 0 Å². The molecule has 1 fully saturated rings. The Bertz CT molecular complexity index is 945. The van der Waals surface area contributed by atoms with E-state index in [2.05, 4.69) is 32.2 Å². The van der Waals surface area contributed by atoms with Crippen molar-refractivity contribution in [2.24, 2.45) is 0 Å². The smallest absolute Gasteiger partial charge is 0.230 e. The predicted octanol–water partition coefficient (Wildman–Crippen LogP) is 4.44. The minimum atomic E-state index is 0.0669. The lowest BCUT2D eigenvalue weighted by atomic mass is 9.95. The van der Waals surface area contributed by atoms with Gasteiger partial charge in [-0.1, -0.05) is 61.4 Å². The first-order valence-corrected chi connectivity index (χ1v) is 11.1. The molecule has 7 heteroatoms. The molecule has 0 spiro atoms. The molecule has 0 unspecified atom stereocenters. The largest absolute Gasteiger partial charge is 0.469 e. The minimum Gasteiger partial charge on any atom is -0.469 e. The second kappa shape index (κ2) is 9.31. The van der Waals surface area contributed by atoms with Crippen molar-refractivity contribution >= 4 is 17.7 Å². The maximum Gasteiger partial charge on any atom is 0.230 e. The molecular formula is C22H26N4O2S. The van der Waals surface area contributed by atoms with Gasteiger partial charge in [0.05, 0.1) is 24.1 Å². The van der Waals surface area contributed by atoms with Gasteiger partial charge in [0.1, 0.15) is 5.76 Å². The Kier molecular flexibility index (Phi) is 6.34. The maximum atomic E-state index is 12.4. The third-order valence-electron chi connectivity index (χ3n) is 5.30. The summed E-state index contributed by atoms with van der Waals surface area (Å²) >= 11 is 1.43. The van der Waals surface area contributed by atoms with Crippen molar-refractivity contribution in [1.82, 2.24) is 20.1 Å². The van der Waals surface area contributed by atoms with Crippen molar-refractivity contribution in [2.45, 2.75) is 56.8 Å². The topological polar surface area (TPSA) is 72.9 Å². The van der Waals surface area contributed by atoms with E-state index in [0.717, 1.165) is 40.7 Å². The fourth-order valence-corrected chi connectivity index (χ4v) is 4.52. The van der Waals surface area contributed by atoms with Crippen LogP contribution in [0.15, 0.2) is 52.2 Å². The molecule has 3 aromatic rings. The number of nitrogens with one attached hydrogen (secondary N) is 1. The second-order valence-electron chi connectivity index (χ2n) is 7.46. The Labute approximate surface area is 175 Å². The number of aryl methyl sites for hydroxylation is 1. The third-order valence-corrected chi connectivity index (χ3v) is 6.27. The van der Waals surface area contributed by atoms with Gasteiger partial charge in [-0.25, -0.2) is 0 Å². The van der Waals surface area contributed by atoms with Crippen LogP contribution >= 0.6 is 11.8 Å². The lowest BCUT2D eigenvalue weighted by molar-refractivity contribution is -0.119. The van der Waals surface area contributed by atoms with Crippen LogP contribution in [0.2, 0.25) is 0 Å². The maximum absolute atomic E-state index is 12.4. The Hall–Kier alpha value is -2.54. The average Bonchev–Trinajstić information content (AvgIpc) is 3.33. The van der Waals surface area contributed by atoms with Crippen molar-refractivity contribution in [3.05, 3.63) is 54.0 Å². The summed E-state index contributed by atoms with van der Waals surface area (Å²) in [6.07, 6.45) is 7.53. The quantitative estimate of drug-likeness (QED) is 0.583. The van der Waals surface area contributed by atoms with Crippen LogP contribution in [0.4, 0.5) is 0 Å². The van der Waals surface area contributed by atoms with Crippen molar-refractivity contribution in [3.8, 4) is 11.4 Å². The molecule has 2 aromatic heterocycles. The minimum absolute atomic E-state index is 0.0669. The highest BCUT2D eigenvalue weighted by Gasteiger charge is 2.20. The Morgan fingerprint density at radius 2 is 1.97 bits per heavy atom. The van der Waals surface area contributed by atoms with Crippen LogP contribution in [0.25, 0.3) is 11.4 Å². The first-order chi connectivity index (χ1) is 14.2. The van der Waals surface area contributed by atoms with Crippen LogP contribution in [-0.2, 0) is 11.3 Å². The highest BCUT2D eigenvalue weighted by molar-refractivity contribution is 7.99. The zero-order valence-electron chi connectivity index (χ0n) is 16.6. The van der Waals surface area contributed by atoms with Gasteiger partial charge in [0, 0.05) is 6.04 Å². The summed E-state index contributed by atoms with van der Waals surface area (Å²) in [5, 5.41) is 12.7. The fourth-order valence-electron chi connectivity index (χ4n) is 3.77. The first-order valence-electron chi connectivity index (χ1n) is 10.1. The van der Waals surface area contributed by atoms with Gasteiger partial charge in [-0.05, 0) is 31.4 Å². The molecule has 1 aliphatic rings. The summed E-state index contributed by atoms with van der Waals surface area (Å²) in [5.74, 6) is 1.97. The molecule has 152 valence electrons. The fraction of sp³-hybridized carbons (Fsp3) is 0.409. The summed E-state index contributed by atoms with van der Waals surface area (Å²) in [6, 6.07) is 12.4. The van der Waals surface area contributed by atoms with Crippen LogP contribution < -0.4 is 5.32 Å². The van der Waals surface area contributed by atoms with Crippen molar-refractivity contribution < 1.29 is 9.21 Å². The van der Waals surface area contributed by atoms with E-state index >= 15 is 0 Å². The molecule has 0 bridgehead atoms. The standard InChI is InChI=1S/C22H26N4O2S/c1-16-19(12-13-28-16)21-24-25-22(26(21)14-17-8-4-2-5-9-17)29-15-20(27)23-18-10-6-3-7-11-18/h2,4-5,8-9,12-13,18H,3,6-7,10-11,14-15H2,1H3,(H,23,27). The van der Waals surface area contributed by atoms with Crippen LogP contribution in [0, 0.1) is 6.92 Å². The zero-order chi connectivity index (χ0) is 20.1. The van der Waals surface area contributed by atoms with Crippen LogP contribution in [0.1, 0.15) is 43.4 Å². The number of benzene rings is 1. The first kappa shape index (κ1) is 19.8. The highest BCUT2D eigenvalue weighted by Crippen LogP contribution is 2.28. The number of aromatic nitrogens is 3. The molecular weight excluding hydrogens is 384 g/mol. The van der Waals surface area contributed by atoms with E-state index in [0.29, 0.717) is 18.3 Å². The lowest BCUT2D eigenvalue weighted by Crippen LogP contribution is -2.37. The number of hydrogen-bond acceptors (Lipinski definition) is 5. The van der Waals surface area contributed by atoms with E-state index < -0.39 is 0 Å². The molecule has 1 saturated carbocycles. The van der Waals surface area contributed by atoms with E-state index in [1.165, 1.54) is 31.0 Å². The van der Waals surface area contributed by atoms with E-state index in [4.69, 9.17) is 4.42 Å². The lowest BCUT2D eigenvalue weighted by Gasteiger charge is -2.22. The second-order valence-corrected chi connectivity index (χ2v) is 8.40. The van der Waals surface area contributed by atoms with Gasteiger partial charge in [0.2, 0.25) is 5.91 Å². The zero-order valence-corrected chi connectivity index (χ0v) is 17.5. The number of nitrogens with zero attached hydrogens (tertiary/aromatic N) is 3. The van der Waals surface area contributed by atoms with Gasteiger partial charge in [-0.15, -0.1) is 10.2 Å². The molecule has 1 amide bonds. The number of furan rings is 1. The van der Waals surface area contributed by atoms with Gasteiger partial charge in [-0.2, -0.15) is 0 Å². The predicted molar refractivity (Wildman–Crippen MR) is 114 cm³/mol. The van der Waals surface area contributed by atoms with E-state index in [1.807, 2.05) is 31.2 Å². The number of thioether (sulfide) groups is 1. The van der Waals surface area contributed by atoms with Crippen LogP contribution in [-0.4, -0.2) is 32.5 Å². The van der Waals surface area contributed by atoms with E-state index in [9.17, 15) is 4.79 Å². The van der Waals surface area contributed by atoms with Crippen LogP contribution in [0.3, 0.4) is 0 Å². The Morgan fingerprint density at radius 3 is 2.69 bits per heavy atom. The Balaban J connectivity index is 1.50. The normalized spacial score (nSPS) is 14.8. The highest BCUT2D eigenvalue weighted by atomic mass is 32.2. The molecule has 0 atom stereocenters. The van der Waals surface area contributed by atoms with Gasteiger partial charge >= 0.3 is 0 Å². The van der Waals surface area contributed by atoms with Crippen molar-refractivity contribution in [2.75, 3.05) is 5.75 Å². The van der Waals surface area contributed by atoms with Gasteiger partial charge in [-0.3, -0.25) is 9.36 Å². The number of amides is 1. The summed E-state index contributed by atoms with van der Waals surface area (Å²) < 4.78 is 7.53. The van der Waals surface area contributed by atoms with Gasteiger partial charge < -0.3 is 9.73 Å². The molecule has 4 rings (SSSR count). The molecule has 0 saturated heterocycles. The molecule has 2 heterocycles. The van der Waals surface area contributed by atoms with Crippen LogP contribution in [0.5, 0.6) is 0 Å². The summed E-state index contributed by atoms with van der Waals surface area (Å²) in [4.78, 5) is 12.4. The average molecular weight is 411 g/mol. The number of hydrogen-bond donors (Lipinski definition) is 1. The number of carbonyl (C=O) groups excluding carboxylic acids is 1.